The zero-order valence-electron chi connectivity index (χ0n) is 6.47. The van der Waals surface area contributed by atoms with E-state index in [9.17, 15) is 9.18 Å². The number of rotatable bonds is 0. The lowest BCUT2D eigenvalue weighted by Crippen LogP contribution is -2.01. The largest absolute Gasteiger partial charge is 0.349 e. The van der Waals surface area contributed by atoms with Gasteiger partial charge in [-0.25, -0.2) is 4.39 Å². The van der Waals surface area contributed by atoms with Crippen LogP contribution in [0.3, 0.4) is 0 Å². The van der Waals surface area contributed by atoms with Crippen LogP contribution >= 0.6 is 15.9 Å². The molecule has 1 N–H and O–H groups in total. The molecule has 1 aromatic carbocycles. The zero-order chi connectivity index (χ0) is 9.42. The normalized spacial score (nSPS) is 10.6. The maximum Gasteiger partial charge on any atom is 0.190 e. The van der Waals surface area contributed by atoms with Gasteiger partial charge in [-0.15, -0.1) is 0 Å². The van der Waals surface area contributed by atoms with Gasteiger partial charge >= 0.3 is 0 Å². The average molecular weight is 242 g/mol. The molecular weight excluding hydrogens is 237 g/mol. The number of benzene rings is 1. The van der Waals surface area contributed by atoms with Gasteiger partial charge in [-0.2, -0.15) is 0 Å². The Hall–Kier alpha value is -1.16. The maximum absolute atomic E-state index is 12.8. The number of nitrogens with one attached hydrogen (secondary N) is 1. The van der Waals surface area contributed by atoms with Crippen LogP contribution in [0, 0.1) is 5.82 Å². The molecule has 0 bridgehead atoms. The molecule has 2 rings (SSSR count). The van der Waals surface area contributed by atoms with E-state index in [4.69, 9.17) is 0 Å². The lowest BCUT2D eigenvalue weighted by Gasteiger charge is -1.97. The van der Waals surface area contributed by atoms with Crippen LogP contribution in [0.5, 0.6) is 0 Å². The first-order valence-electron chi connectivity index (χ1n) is 3.65. The van der Waals surface area contributed by atoms with Crippen molar-refractivity contribution in [2.75, 3.05) is 0 Å². The minimum Gasteiger partial charge on any atom is -0.349 e. The summed E-state index contributed by atoms with van der Waals surface area (Å²) >= 11 is 3.13. The van der Waals surface area contributed by atoms with Crippen LogP contribution < -0.4 is 5.43 Å². The van der Waals surface area contributed by atoms with E-state index in [1.807, 2.05) is 0 Å². The number of halogens is 2. The highest BCUT2D eigenvalue weighted by atomic mass is 79.9. The Kier molecular flexibility index (Phi) is 1.92. The Morgan fingerprint density at radius 3 is 2.85 bits per heavy atom. The Labute approximate surface area is 81.5 Å². The SMILES string of the molecule is O=c1cc(Br)[nH]c2cc(F)ccc12. The Morgan fingerprint density at radius 1 is 1.31 bits per heavy atom. The molecule has 1 heterocycles. The van der Waals surface area contributed by atoms with E-state index in [1.54, 1.807) is 0 Å². The molecule has 2 nitrogen and oxygen atoms in total. The van der Waals surface area contributed by atoms with E-state index >= 15 is 0 Å². The Morgan fingerprint density at radius 2 is 2.08 bits per heavy atom. The Balaban J connectivity index is 2.95. The summed E-state index contributed by atoms with van der Waals surface area (Å²) in [5.74, 6) is -0.360. The molecule has 66 valence electrons. The molecule has 0 spiro atoms. The van der Waals surface area contributed by atoms with Crippen molar-refractivity contribution in [2.45, 2.75) is 0 Å². The first kappa shape index (κ1) is 8.44. The summed E-state index contributed by atoms with van der Waals surface area (Å²) in [6, 6.07) is 5.45. The minimum atomic E-state index is -0.360. The van der Waals surface area contributed by atoms with Gasteiger partial charge < -0.3 is 4.98 Å². The van der Waals surface area contributed by atoms with E-state index in [0.29, 0.717) is 15.5 Å². The zero-order valence-corrected chi connectivity index (χ0v) is 8.06. The second kappa shape index (κ2) is 2.96. The first-order valence-corrected chi connectivity index (χ1v) is 4.44. The van der Waals surface area contributed by atoms with Gasteiger partial charge in [0.05, 0.1) is 10.1 Å². The second-order valence-electron chi connectivity index (χ2n) is 2.67. The summed E-state index contributed by atoms with van der Waals surface area (Å²) in [4.78, 5) is 14.2. The molecule has 0 fully saturated rings. The quantitative estimate of drug-likeness (QED) is 0.707. The maximum atomic E-state index is 12.8. The van der Waals surface area contributed by atoms with Crippen molar-refractivity contribution in [3.8, 4) is 0 Å². The molecule has 2 aromatic rings. The van der Waals surface area contributed by atoms with E-state index < -0.39 is 0 Å². The molecule has 0 aliphatic heterocycles. The summed E-state index contributed by atoms with van der Waals surface area (Å²) in [7, 11) is 0. The third kappa shape index (κ3) is 1.49. The third-order valence-electron chi connectivity index (χ3n) is 1.76. The predicted octanol–water partition coefficient (Wildman–Crippen LogP) is 2.43. The summed E-state index contributed by atoms with van der Waals surface area (Å²) in [5, 5.41) is 0.490. The van der Waals surface area contributed by atoms with Crippen molar-refractivity contribution >= 4 is 26.8 Å². The number of aromatic nitrogens is 1. The molecule has 0 amide bonds. The molecule has 0 radical (unpaired) electrons. The van der Waals surface area contributed by atoms with Crippen LogP contribution in [0.1, 0.15) is 0 Å². The fraction of sp³-hybridized carbons (Fsp3) is 0. The van der Waals surface area contributed by atoms with Crippen LogP contribution in [0.15, 0.2) is 33.7 Å². The molecule has 0 saturated carbocycles. The molecule has 0 aliphatic carbocycles. The smallest absolute Gasteiger partial charge is 0.190 e. The molecular formula is C9H5BrFNO. The van der Waals surface area contributed by atoms with Crippen molar-refractivity contribution in [1.82, 2.24) is 4.98 Å². The summed E-state index contributed by atoms with van der Waals surface area (Å²) in [6.45, 7) is 0. The van der Waals surface area contributed by atoms with Crippen molar-refractivity contribution in [1.29, 1.82) is 0 Å². The standard InChI is InChI=1S/C9H5BrFNO/c10-9-4-8(13)6-2-1-5(11)3-7(6)12-9/h1-4H,(H,12,13). The highest BCUT2D eigenvalue weighted by Gasteiger charge is 2.00. The number of hydrogen-bond donors (Lipinski definition) is 1. The molecule has 13 heavy (non-hydrogen) atoms. The van der Waals surface area contributed by atoms with Crippen LogP contribution in [0.2, 0.25) is 0 Å². The van der Waals surface area contributed by atoms with Crippen LogP contribution in [-0.4, -0.2) is 4.98 Å². The van der Waals surface area contributed by atoms with Gasteiger partial charge in [0.1, 0.15) is 5.82 Å². The fourth-order valence-corrected chi connectivity index (χ4v) is 1.61. The number of hydrogen-bond acceptors (Lipinski definition) is 1. The van der Waals surface area contributed by atoms with E-state index in [1.165, 1.54) is 24.3 Å². The number of pyridine rings is 1. The van der Waals surface area contributed by atoms with Gasteiger partial charge in [-0.3, -0.25) is 4.79 Å². The van der Waals surface area contributed by atoms with Crippen LogP contribution in [0.25, 0.3) is 10.9 Å². The summed E-state index contributed by atoms with van der Waals surface area (Å²) < 4.78 is 13.3. The highest BCUT2D eigenvalue weighted by molar-refractivity contribution is 9.10. The topological polar surface area (TPSA) is 32.9 Å². The monoisotopic (exact) mass is 241 g/mol. The first-order chi connectivity index (χ1) is 6.16. The van der Waals surface area contributed by atoms with Gasteiger partial charge in [0.15, 0.2) is 5.43 Å². The van der Waals surface area contributed by atoms with E-state index in [2.05, 4.69) is 20.9 Å². The average Bonchev–Trinajstić information content (AvgIpc) is 2.02. The summed E-state index contributed by atoms with van der Waals surface area (Å²) in [5.41, 5.74) is 0.375. The van der Waals surface area contributed by atoms with Gasteiger partial charge in [-0.05, 0) is 34.1 Å². The minimum absolute atomic E-state index is 0.124. The van der Waals surface area contributed by atoms with Crippen molar-refractivity contribution in [2.24, 2.45) is 0 Å². The third-order valence-corrected chi connectivity index (χ3v) is 2.19. The van der Waals surface area contributed by atoms with Gasteiger partial charge in [0.2, 0.25) is 0 Å². The number of H-pyrrole nitrogens is 1. The molecule has 0 atom stereocenters. The van der Waals surface area contributed by atoms with Gasteiger partial charge in [-0.1, -0.05) is 0 Å². The van der Waals surface area contributed by atoms with E-state index in [-0.39, 0.29) is 11.2 Å². The molecule has 4 heteroatoms. The van der Waals surface area contributed by atoms with Crippen molar-refractivity contribution in [3.05, 3.63) is 44.9 Å². The highest BCUT2D eigenvalue weighted by Crippen LogP contribution is 2.12. The molecule has 1 aromatic heterocycles. The second-order valence-corrected chi connectivity index (χ2v) is 3.53. The van der Waals surface area contributed by atoms with Gasteiger partial charge in [0, 0.05) is 11.5 Å². The van der Waals surface area contributed by atoms with Crippen LogP contribution in [-0.2, 0) is 0 Å². The molecule has 0 saturated heterocycles. The molecule has 0 aliphatic rings. The fourth-order valence-electron chi connectivity index (χ4n) is 1.19. The van der Waals surface area contributed by atoms with E-state index in [0.717, 1.165) is 0 Å². The lowest BCUT2D eigenvalue weighted by molar-refractivity contribution is 0.629. The van der Waals surface area contributed by atoms with Crippen molar-refractivity contribution in [3.63, 3.8) is 0 Å². The van der Waals surface area contributed by atoms with Crippen molar-refractivity contribution < 1.29 is 4.39 Å². The number of aromatic amines is 1. The lowest BCUT2D eigenvalue weighted by atomic mass is 10.2. The Bertz CT molecular complexity index is 515. The van der Waals surface area contributed by atoms with Gasteiger partial charge in [0.25, 0.3) is 0 Å². The summed E-state index contributed by atoms with van der Waals surface area (Å²) in [6.07, 6.45) is 0. The van der Waals surface area contributed by atoms with Crippen LogP contribution in [0.4, 0.5) is 4.39 Å². The number of fused-ring (bicyclic) bond motifs is 1. The predicted molar refractivity (Wildman–Crippen MR) is 52.2 cm³/mol. The molecule has 0 unspecified atom stereocenters.